The van der Waals surface area contributed by atoms with Gasteiger partial charge in [-0.25, -0.2) is 0 Å². The Kier molecular flexibility index (Phi) is 1.32. The molecule has 1 N–H and O–H groups in total. The summed E-state index contributed by atoms with van der Waals surface area (Å²) in [5.74, 6) is 0.955. The molecule has 0 aromatic heterocycles. The average molecular weight is 139 g/mol. The molecule has 0 fully saturated rings. The van der Waals surface area contributed by atoms with Crippen molar-refractivity contribution in [2.24, 2.45) is 11.1 Å². The lowest BCUT2D eigenvalue weighted by atomic mass is 10.1. The Labute approximate surface area is 58.4 Å². The molecule has 0 saturated heterocycles. The molecule has 1 atom stereocenters. The molecule has 1 unspecified atom stereocenters. The third kappa shape index (κ3) is 0.863. The van der Waals surface area contributed by atoms with E-state index in [4.69, 9.17) is 9.68 Å². The van der Waals surface area contributed by atoms with Crippen LogP contribution in [0.1, 0.15) is 0 Å². The Hall–Kier alpha value is -1.03. The maximum absolute atomic E-state index is 5.05. The zero-order valence-electron chi connectivity index (χ0n) is 5.33. The third-order valence-electron chi connectivity index (χ3n) is 1.43. The highest BCUT2D eigenvalue weighted by Crippen LogP contribution is 2.16. The van der Waals surface area contributed by atoms with Gasteiger partial charge in [0.2, 0.25) is 0 Å². The van der Waals surface area contributed by atoms with E-state index in [1.807, 2.05) is 6.08 Å². The van der Waals surface area contributed by atoms with Crippen molar-refractivity contribution in [3.05, 3.63) is 11.8 Å². The topological polar surface area (TPSA) is 42.8 Å². The number of hydrogen-bond donors (Lipinski definition) is 1. The molecule has 1 radical (unpaired) electrons. The Balaban J connectivity index is 2.04. The summed E-state index contributed by atoms with van der Waals surface area (Å²) in [7, 11) is 0. The molecule has 53 valence electrons. The molecule has 4 heteroatoms. The summed E-state index contributed by atoms with van der Waals surface area (Å²) >= 11 is 0. The summed E-state index contributed by atoms with van der Waals surface area (Å²) in [6, 6.07) is 0. The van der Waals surface area contributed by atoms with E-state index in [-0.39, 0.29) is 5.92 Å². The van der Waals surface area contributed by atoms with E-state index in [1.165, 1.54) is 0 Å². The van der Waals surface area contributed by atoms with E-state index in [2.05, 4.69) is 16.9 Å². The number of nitrogens with zero attached hydrogens (tertiary/aromatic N) is 1. The fraction of sp³-hybridized carbons (Fsp3) is 0.500. The minimum atomic E-state index is 0.0926. The maximum Gasteiger partial charge on any atom is 0.134 e. The zero-order valence-corrected chi connectivity index (χ0v) is 5.33. The van der Waals surface area contributed by atoms with Gasteiger partial charge in [-0.1, -0.05) is 5.16 Å². The second-order valence-electron chi connectivity index (χ2n) is 2.13. The predicted octanol–water partition coefficient (Wildman–Crippen LogP) is -0.0857. The van der Waals surface area contributed by atoms with E-state index in [0.717, 1.165) is 12.3 Å². The van der Waals surface area contributed by atoms with E-state index < -0.39 is 0 Å². The van der Waals surface area contributed by atoms with Gasteiger partial charge in [-0.2, -0.15) is 5.48 Å². The Morgan fingerprint density at radius 3 is 3.40 bits per heavy atom. The zero-order chi connectivity index (χ0) is 6.81. The van der Waals surface area contributed by atoms with Crippen molar-refractivity contribution < 1.29 is 9.68 Å². The number of hydrogen-bond acceptors (Lipinski definition) is 4. The average Bonchev–Trinajstić information content (AvgIpc) is 2.59. The molecule has 0 spiro atoms. The molecule has 2 aliphatic heterocycles. The summed E-state index contributed by atoms with van der Waals surface area (Å²) < 4.78 is 0. The monoisotopic (exact) mass is 139 g/mol. The quantitative estimate of drug-likeness (QED) is 0.552. The highest BCUT2D eigenvalue weighted by Gasteiger charge is 2.22. The minimum absolute atomic E-state index is 0.0926. The van der Waals surface area contributed by atoms with Gasteiger partial charge in [-0.05, 0) is 6.08 Å². The Morgan fingerprint density at radius 1 is 1.80 bits per heavy atom. The van der Waals surface area contributed by atoms with Gasteiger partial charge in [0.1, 0.15) is 24.5 Å². The highest BCUT2D eigenvalue weighted by molar-refractivity contribution is 5.65. The SMILES string of the molecule is [C]1=NOCC1C1=CCNO1. The van der Waals surface area contributed by atoms with Gasteiger partial charge < -0.3 is 9.68 Å². The van der Waals surface area contributed by atoms with Crippen LogP contribution in [-0.2, 0) is 9.68 Å². The highest BCUT2D eigenvalue weighted by atomic mass is 16.7. The van der Waals surface area contributed by atoms with Crippen molar-refractivity contribution in [1.82, 2.24) is 5.48 Å². The van der Waals surface area contributed by atoms with Crippen molar-refractivity contribution in [2.75, 3.05) is 13.2 Å². The van der Waals surface area contributed by atoms with Crippen LogP contribution >= 0.6 is 0 Å². The van der Waals surface area contributed by atoms with Crippen LogP contribution in [0.4, 0.5) is 0 Å². The van der Waals surface area contributed by atoms with Gasteiger partial charge in [-0.15, -0.1) is 0 Å². The van der Waals surface area contributed by atoms with Crippen molar-refractivity contribution in [2.45, 2.75) is 0 Å². The van der Waals surface area contributed by atoms with Crippen LogP contribution in [0.5, 0.6) is 0 Å². The first-order chi connectivity index (χ1) is 4.97. The molecule has 0 saturated carbocycles. The van der Waals surface area contributed by atoms with E-state index in [9.17, 15) is 0 Å². The second kappa shape index (κ2) is 2.30. The third-order valence-corrected chi connectivity index (χ3v) is 1.43. The van der Waals surface area contributed by atoms with Crippen molar-refractivity contribution in [1.29, 1.82) is 0 Å². The van der Waals surface area contributed by atoms with E-state index >= 15 is 0 Å². The fourth-order valence-electron chi connectivity index (χ4n) is 0.918. The van der Waals surface area contributed by atoms with Crippen LogP contribution in [0.2, 0.25) is 0 Å². The summed E-state index contributed by atoms with van der Waals surface area (Å²) in [5, 5.41) is 3.51. The number of rotatable bonds is 1. The first-order valence-corrected chi connectivity index (χ1v) is 3.14. The molecule has 10 heavy (non-hydrogen) atoms. The summed E-state index contributed by atoms with van der Waals surface area (Å²) in [6.45, 7) is 1.31. The van der Waals surface area contributed by atoms with Crippen LogP contribution in [-0.4, -0.2) is 19.4 Å². The summed E-state index contributed by atoms with van der Waals surface area (Å²) in [6.07, 6.45) is 4.73. The van der Waals surface area contributed by atoms with Gasteiger partial charge in [0.05, 0.1) is 6.54 Å². The molecule has 4 nitrogen and oxygen atoms in total. The Morgan fingerprint density at radius 2 is 2.80 bits per heavy atom. The van der Waals surface area contributed by atoms with Gasteiger partial charge in [0.15, 0.2) is 0 Å². The molecule has 0 amide bonds. The molecular formula is C6H7N2O2. The van der Waals surface area contributed by atoms with E-state index in [0.29, 0.717) is 6.61 Å². The predicted molar refractivity (Wildman–Crippen MR) is 34.0 cm³/mol. The molecule has 0 aromatic carbocycles. The number of hydroxylamine groups is 1. The second-order valence-corrected chi connectivity index (χ2v) is 2.13. The first-order valence-electron chi connectivity index (χ1n) is 3.14. The lowest BCUT2D eigenvalue weighted by molar-refractivity contribution is 0.100. The molecule has 0 bridgehead atoms. The van der Waals surface area contributed by atoms with Crippen molar-refractivity contribution in [3.63, 3.8) is 0 Å². The van der Waals surface area contributed by atoms with E-state index in [1.54, 1.807) is 0 Å². The van der Waals surface area contributed by atoms with Crippen molar-refractivity contribution in [3.8, 4) is 0 Å². The summed E-state index contributed by atoms with van der Waals surface area (Å²) in [4.78, 5) is 9.78. The van der Waals surface area contributed by atoms with Crippen LogP contribution in [0.25, 0.3) is 0 Å². The molecule has 2 aliphatic rings. The normalized spacial score (nSPS) is 29.6. The first kappa shape index (κ1) is 5.73. The molecule has 2 heterocycles. The standard InChI is InChI=1S/C6H7N2O2/c1-2-7-10-6(1)5-3-8-9-4-5/h1,5,7H,2,4H2. The molecule has 0 aromatic rings. The Bertz CT molecular complexity index is 188. The van der Waals surface area contributed by atoms with Crippen molar-refractivity contribution >= 4 is 6.21 Å². The summed E-state index contributed by atoms with van der Waals surface area (Å²) in [5.41, 5.74) is 2.72. The molecule has 2 rings (SSSR count). The van der Waals surface area contributed by atoms with Crippen LogP contribution in [0.15, 0.2) is 17.0 Å². The van der Waals surface area contributed by atoms with Gasteiger partial charge >= 0.3 is 0 Å². The lowest BCUT2D eigenvalue weighted by Crippen LogP contribution is -2.11. The molecule has 0 aliphatic carbocycles. The smallest absolute Gasteiger partial charge is 0.134 e. The van der Waals surface area contributed by atoms with Gasteiger partial charge in [0, 0.05) is 0 Å². The van der Waals surface area contributed by atoms with Gasteiger partial charge in [-0.3, -0.25) is 0 Å². The fourth-order valence-corrected chi connectivity index (χ4v) is 0.918. The van der Waals surface area contributed by atoms with Crippen LogP contribution < -0.4 is 5.48 Å². The maximum atomic E-state index is 5.05. The molecular weight excluding hydrogens is 132 g/mol. The minimum Gasteiger partial charge on any atom is -0.412 e. The van der Waals surface area contributed by atoms with Crippen LogP contribution in [0.3, 0.4) is 0 Å². The lowest BCUT2D eigenvalue weighted by Gasteiger charge is -2.03. The number of nitrogens with one attached hydrogen (secondary N) is 1. The van der Waals surface area contributed by atoms with Crippen LogP contribution in [0, 0.1) is 5.92 Å². The van der Waals surface area contributed by atoms with Gasteiger partial charge in [0.25, 0.3) is 0 Å². The largest absolute Gasteiger partial charge is 0.412 e.